The fourth-order valence-electron chi connectivity index (χ4n) is 5.74. The first-order chi connectivity index (χ1) is 18.2. The third-order valence-corrected chi connectivity index (χ3v) is 7.99. The molecule has 0 saturated carbocycles. The Morgan fingerprint density at radius 2 is 1.05 bits per heavy atom. The summed E-state index contributed by atoms with van der Waals surface area (Å²) in [4.78, 5) is 30.5. The maximum Gasteiger partial charge on any atom is 0.162 e. The molecule has 0 aromatic heterocycles. The second-order valence-electron chi connectivity index (χ2n) is 10.6. The highest BCUT2D eigenvalue weighted by Crippen LogP contribution is 2.38. The van der Waals surface area contributed by atoms with E-state index in [2.05, 4.69) is 34.1 Å². The molecule has 0 unspecified atom stereocenters. The molecule has 2 aliphatic heterocycles. The topological polar surface area (TPSA) is 59.1 Å². The lowest BCUT2D eigenvalue weighted by atomic mass is 9.98. The number of morpholine rings is 2. The van der Waals surface area contributed by atoms with E-state index in [1.807, 2.05) is 12.1 Å². The first-order valence-electron chi connectivity index (χ1n) is 14.1. The summed E-state index contributed by atoms with van der Waals surface area (Å²) >= 11 is 0. The largest absolute Gasteiger partial charge is 0.379 e. The number of fused-ring (bicyclic) bond motifs is 3. The average Bonchev–Trinajstić information content (AvgIpc) is 3.31. The lowest BCUT2D eigenvalue weighted by molar-refractivity contribution is 0.0370. The van der Waals surface area contributed by atoms with E-state index in [0.717, 1.165) is 109 Å². The Kier molecular flexibility index (Phi) is 9.16. The molecule has 0 amide bonds. The van der Waals surface area contributed by atoms with Gasteiger partial charge >= 0.3 is 0 Å². The van der Waals surface area contributed by atoms with Crippen LogP contribution in [0.3, 0.4) is 0 Å². The summed E-state index contributed by atoms with van der Waals surface area (Å²) in [6.45, 7) is 9.38. The number of hydrogen-bond donors (Lipinski definition) is 0. The van der Waals surface area contributed by atoms with Crippen molar-refractivity contribution in [1.82, 2.24) is 9.80 Å². The highest BCUT2D eigenvalue weighted by molar-refractivity contribution is 5.99. The SMILES string of the molecule is O=C(CCCCN1CCOCC1)c1ccc2c(c1)Cc1cc(C(=O)CCCCN3CCOCC3)ccc1-2. The van der Waals surface area contributed by atoms with Gasteiger partial charge in [-0.25, -0.2) is 0 Å². The van der Waals surface area contributed by atoms with Gasteiger partial charge in [-0.3, -0.25) is 19.4 Å². The van der Waals surface area contributed by atoms with Gasteiger partial charge in [0.1, 0.15) is 0 Å². The van der Waals surface area contributed by atoms with E-state index in [-0.39, 0.29) is 11.6 Å². The van der Waals surface area contributed by atoms with Crippen LogP contribution in [-0.4, -0.2) is 87.1 Å². The van der Waals surface area contributed by atoms with Gasteiger partial charge in [0.15, 0.2) is 11.6 Å². The third kappa shape index (κ3) is 6.94. The van der Waals surface area contributed by atoms with E-state index in [0.29, 0.717) is 12.8 Å². The van der Waals surface area contributed by atoms with Crippen molar-refractivity contribution in [3.05, 3.63) is 58.7 Å². The molecular weight excluding hydrogens is 464 g/mol. The number of ketones is 2. The zero-order valence-corrected chi connectivity index (χ0v) is 22.0. The maximum absolute atomic E-state index is 12.9. The van der Waals surface area contributed by atoms with E-state index < -0.39 is 0 Å². The lowest BCUT2D eigenvalue weighted by Crippen LogP contribution is -2.36. The highest BCUT2D eigenvalue weighted by Gasteiger charge is 2.21. The van der Waals surface area contributed by atoms with Crippen LogP contribution >= 0.6 is 0 Å². The molecule has 37 heavy (non-hydrogen) atoms. The summed E-state index contributed by atoms with van der Waals surface area (Å²) in [7, 11) is 0. The Morgan fingerprint density at radius 1 is 0.622 bits per heavy atom. The molecule has 6 nitrogen and oxygen atoms in total. The van der Waals surface area contributed by atoms with Crippen molar-refractivity contribution in [2.45, 2.75) is 44.9 Å². The highest BCUT2D eigenvalue weighted by atomic mass is 16.5. The third-order valence-electron chi connectivity index (χ3n) is 7.99. The molecule has 0 spiro atoms. The number of hydrogen-bond acceptors (Lipinski definition) is 6. The van der Waals surface area contributed by atoms with Gasteiger partial charge in [-0.2, -0.15) is 0 Å². The summed E-state index contributed by atoms with van der Waals surface area (Å²) in [5, 5.41) is 0. The number of benzene rings is 2. The molecule has 2 saturated heterocycles. The van der Waals surface area contributed by atoms with Crippen molar-refractivity contribution < 1.29 is 19.1 Å². The molecule has 2 aromatic rings. The maximum atomic E-state index is 12.9. The van der Waals surface area contributed by atoms with Crippen LogP contribution < -0.4 is 0 Å². The van der Waals surface area contributed by atoms with Crippen molar-refractivity contribution in [3.8, 4) is 11.1 Å². The number of carbonyl (C=O) groups is 2. The molecule has 0 radical (unpaired) electrons. The van der Waals surface area contributed by atoms with Gasteiger partial charge in [0.05, 0.1) is 26.4 Å². The standard InChI is InChI=1S/C31H40N2O4/c34-30(5-1-3-11-32-13-17-36-18-14-32)24-7-9-28-26(21-24)23-27-22-25(8-10-29(27)28)31(35)6-2-4-12-33-15-19-37-20-16-33/h7-10,21-22H,1-6,11-20,23H2. The molecular formula is C31H40N2O4. The molecule has 2 aromatic carbocycles. The molecule has 2 fully saturated rings. The van der Waals surface area contributed by atoms with Crippen LogP contribution in [0, 0.1) is 0 Å². The van der Waals surface area contributed by atoms with Crippen LogP contribution in [0.15, 0.2) is 36.4 Å². The normalized spacial score (nSPS) is 17.9. The Bertz CT molecular complexity index is 1000. The van der Waals surface area contributed by atoms with E-state index in [9.17, 15) is 9.59 Å². The van der Waals surface area contributed by atoms with Crippen LogP contribution in [-0.2, 0) is 15.9 Å². The molecule has 0 atom stereocenters. The number of carbonyl (C=O) groups excluding carboxylic acids is 2. The Labute approximate surface area is 220 Å². The monoisotopic (exact) mass is 504 g/mol. The molecule has 3 aliphatic rings. The molecule has 198 valence electrons. The number of nitrogens with zero attached hydrogens (tertiary/aromatic N) is 2. The first kappa shape index (κ1) is 26.2. The van der Waals surface area contributed by atoms with Crippen molar-refractivity contribution in [3.63, 3.8) is 0 Å². The van der Waals surface area contributed by atoms with Gasteiger partial charge in [0, 0.05) is 50.1 Å². The quantitative estimate of drug-likeness (QED) is 0.265. The number of Topliss-reactive ketones (excluding diaryl/α,β-unsaturated/α-hetero) is 2. The zero-order chi connectivity index (χ0) is 25.5. The summed E-state index contributed by atoms with van der Waals surface area (Å²) in [5.41, 5.74) is 6.42. The Balaban J connectivity index is 1.10. The fraction of sp³-hybridized carbons (Fsp3) is 0.548. The minimum Gasteiger partial charge on any atom is -0.379 e. The molecule has 6 heteroatoms. The molecule has 2 heterocycles. The van der Waals surface area contributed by atoms with Crippen molar-refractivity contribution in [2.75, 3.05) is 65.7 Å². The summed E-state index contributed by atoms with van der Waals surface area (Å²) in [5.74, 6) is 0.461. The van der Waals surface area contributed by atoms with Gasteiger partial charge in [-0.05, 0) is 79.6 Å². The van der Waals surface area contributed by atoms with Crippen LogP contribution in [0.2, 0.25) is 0 Å². The van der Waals surface area contributed by atoms with Crippen LogP contribution in [0.1, 0.15) is 70.4 Å². The molecule has 0 bridgehead atoms. The van der Waals surface area contributed by atoms with Gasteiger partial charge in [-0.1, -0.05) is 24.3 Å². The van der Waals surface area contributed by atoms with Crippen LogP contribution in [0.4, 0.5) is 0 Å². The van der Waals surface area contributed by atoms with Gasteiger partial charge in [0.2, 0.25) is 0 Å². The van der Waals surface area contributed by atoms with Crippen molar-refractivity contribution >= 4 is 11.6 Å². The summed E-state index contributed by atoms with van der Waals surface area (Å²) in [6, 6.07) is 12.3. The molecule has 1 aliphatic carbocycles. The van der Waals surface area contributed by atoms with Gasteiger partial charge in [0.25, 0.3) is 0 Å². The minimum atomic E-state index is 0.230. The van der Waals surface area contributed by atoms with Crippen molar-refractivity contribution in [2.24, 2.45) is 0 Å². The van der Waals surface area contributed by atoms with E-state index in [1.165, 1.54) is 22.3 Å². The van der Waals surface area contributed by atoms with Gasteiger partial charge < -0.3 is 9.47 Å². The smallest absolute Gasteiger partial charge is 0.162 e. The van der Waals surface area contributed by atoms with Crippen molar-refractivity contribution in [1.29, 1.82) is 0 Å². The molecule has 0 N–H and O–H groups in total. The predicted molar refractivity (Wildman–Crippen MR) is 146 cm³/mol. The lowest BCUT2D eigenvalue weighted by Gasteiger charge is -2.26. The summed E-state index contributed by atoms with van der Waals surface area (Å²) < 4.78 is 10.8. The second-order valence-corrected chi connectivity index (χ2v) is 10.6. The predicted octanol–water partition coefficient (Wildman–Crippen LogP) is 4.63. The van der Waals surface area contributed by atoms with Gasteiger partial charge in [-0.15, -0.1) is 0 Å². The number of rotatable bonds is 12. The van der Waals surface area contributed by atoms with Crippen LogP contribution in [0.5, 0.6) is 0 Å². The van der Waals surface area contributed by atoms with E-state index in [4.69, 9.17) is 9.47 Å². The Hall–Kier alpha value is -2.38. The zero-order valence-electron chi connectivity index (χ0n) is 22.0. The Morgan fingerprint density at radius 3 is 1.49 bits per heavy atom. The fourth-order valence-corrected chi connectivity index (χ4v) is 5.74. The number of unbranched alkanes of at least 4 members (excludes halogenated alkanes) is 2. The van der Waals surface area contributed by atoms with Crippen LogP contribution in [0.25, 0.3) is 11.1 Å². The average molecular weight is 505 g/mol. The summed E-state index contributed by atoms with van der Waals surface area (Å²) in [6.07, 6.45) is 5.93. The minimum absolute atomic E-state index is 0.230. The second kappa shape index (κ2) is 12.9. The molecule has 5 rings (SSSR count). The number of ether oxygens (including phenoxy) is 2. The van der Waals surface area contributed by atoms with E-state index in [1.54, 1.807) is 0 Å². The van der Waals surface area contributed by atoms with E-state index >= 15 is 0 Å². The first-order valence-corrected chi connectivity index (χ1v) is 14.1.